The number of benzene rings is 1. The van der Waals surface area contributed by atoms with Crippen LogP contribution in [0.15, 0.2) is 36.9 Å². The van der Waals surface area contributed by atoms with Gasteiger partial charge in [-0.2, -0.15) is 18.3 Å². The first kappa shape index (κ1) is 22.5. The van der Waals surface area contributed by atoms with Crippen molar-refractivity contribution in [3.8, 4) is 22.9 Å². The van der Waals surface area contributed by atoms with Crippen LogP contribution in [-0.4, -0.2) is 48.7 Å². The topological polar surface area (TPSA) is 114 Å². The van der Waals surface area contributed by atoms with Crippen molar-refractivity contribution in [2.45, 2.75) is 38.5 Å². The van der Waals surface area contributed by atoms with E-state index in [4.69, 9.17) is 9.84 Å². The molecule has 4 rings (SSSR count). The van der Waals surface area contributed by atoms with E-state index in [0.29, 0.717) is 47.6 Å². The van der Waals surface area contributed by atoms with Crippen molar-refractivity contribution >= 4 is 11.8 Å². The number of rotatable bonds is 5. The molecule has 1 aliphatic heterocycles. The zero-order valence-electron chi connectivity index (χ0n) is 17.5. The largest absolute Gasteiger partial charge is 0.465 e. The molecule has 1 atom stereocenters. The predicted octanol–water partition coefficient (Wildman–Crippen LogP) is 3.96. The van der Waals surface area contributed by atoms with Crippen LogP contribution in [0.3, 0.4) is 0 Å². The molecule has 9 nitrogen and oxygen atoms in total. The molecule has 3 heterocycles. The quantitative estimate of drug-likeness (QED) is 0.589. The maximum absolute atomic E-state index is 12.9. The molecule has 1 aliphatic rings. The molecule has 2 N–H and O–H groups in total. The van der Waals surface area contributed by atoms with Crippen LogP contribution in [0, 0.1) is 0 Å². The lowest BCUT2D eigenvalue weighted by Crippen LogP contribution is -2.41. The van der Waals surface area contributed by atoms with Gasteiger partial charge in [-0.25, -0.2) is 14.8 Å². The summed E-state index contributed by atoms with van der Waals surface area (Å²) < 4.78 is 46.0. The van der Waals surface area contributed by atoms with Crippen LogP contribution < -0.4 is 9.64 Å². The summed E-state index contributed by atoms with van der Waals surface area (Å²) in [6.07, 6.45) is -0.216. The normalized spacial score (nSPS) is 15.9. The van der Waals surface area contributed by atoms with Crippen LogP contribution in [-0.2, 0) is 19.1 Å². The standard InChI is InChI=1S/C21H20F3N5O4/c1-12-2-3-16-17(29(12)20(31)32)5-4-15(13-8-27-28(11-13)6-7-30)18(16)33-19-25-9-14(10-26-19)21(22,23)24/h4-5,8-12,30H,2-3,6-7H2,1H3,(H,31,32)/t12-/m0/s1. The highest BCUT2D eigenvalue weighted by molar-refractivity contribution is 5.91. The summed E-state index contributed by atoms with van der Waals surface area (Å²) in [4.78, 5) is 20.5. The third kappa shape index (κ3) is 4.46. The number of ether oxygens (including phenoxy) is 1. The summed E-state index contributed by atoms with van der Waals surface area (Å²) in [6, 6.07) is 2.76. The van der Waals surface area contributed by atoms with Crippen LogP contribution in [0.1, 0.15) is 24.5 Å². The molecular formula is C21H20F3N5O4. The first-order chi connectivity index (χ1) is 15.7. The van der Waals surface area contributed by atoms with Gasteiger partial charge in [0, 0.05) is 41.3 Å². The fourth-order valence-corrected chi connectivity index (χ4v) is 3.77. The summed E-state index contributed by atoms with van der Waals surface area (Å²) in [5.41, 5.74) is 1.15. The third-order valence-corrected chi connectivity index (χ3v) is 5.38. The summed E-state index contributed by atoms with van der Waals surface area (Å²) in [5, 5.41) is 23.0. The second kappa shape index (κ2) is 8.70. The lowest BCUT2D eigenvalue weighted by Gasteiger charge is -2.34. The van der Waals surface area contributed by atoms with Gasteiger partial charge in [-0.1, -0.05) is 0 Å². The Bertz CT molecular complexity index is 1160. The number of carboxylic acid groups (broad SMARTS) is 1. The van der Waals surface area contributed by atoms with Crippen molar-refractivity contribution < 1.29 is 32.9 Å². The molecule has 2 aromatic heterocycles. The van der Waals surface area contributed by atoms with Crippen LogP contribution >= 0.6 is 0 Å². The number of aromatic nitrogens is 4. The first-order valence-electron chi connectivity index (χ1n) is 10.1. The molecule has 1 amide bonds. The van der Waals surface area contributed by atoms with E-state index >= 15 is 0 Å². The van der Waals surface area contributed by atoms with Crippen molar-refractivity contribution in [3.05, 3.63) is 48.0 Å². The van der Waals surface area contributed by atoms with Gasteiger partial charge in [0.15, 0.2) is 0 Å². The molecule has 0 saturated carbocycles. The third-order valence-electron chi connectivity index (χ3n) is 5.38. The van der Waals surface area contributed by atoms with Gasteiger partial charge in [0.1, 0.15) is 5.75 Å². The average molecular weight is 463 g/mol. The first-order valence-corrected chi connectivity index (χ1v) is 10.1. The zero-order valence-corrected chi connectivity index (χ0v) is 17.5. The number of alkyl halides is 3. The molecule has 0 radical (unpaired) electrons. The Morgan fingerprint density at radius 2 is 1.97 bits per heavy atom. The lowest BCUT2D eigenvalue weighted by molar-refractivity contribution is -0.138. The van der Waals surface area contributed by atoms with E-state index in [0.717, 1.165) is 0 Å². The number of aliphatic hydroxyl groups is 1. The van der Waals surface area contributed by atoms with E-state index in [-0.39, 0.29) is 31.0 Å². The number of halogens is 3. The maximum Gasteiger partial charge on any atom is 0.419 e. The van der Waals surface area contributed by atoms with Crippen molar-refractivity contribution in [2.24, 2.45) is 0 Å². The van der Waals surface area contributed by atoms with E-state index in [1.54, 1.807) is 31.5 Å². The number of nitrogens with zero attached hydrogens (tertiary/aromatic N) is 5. The fourth-order valence-electron chi connectivity index (χ4n) is 3.77. The van der Waals surface area contributed by atoms with Crippen molar-refractivity contribution in [1.29, 1.82) is 0 Å². The van der Waals surface area contributed by atoms with Crippen molar-refractivity contribution in [2.75, 3.05) is 11.5 Å². The summed E-state index contributed by atoms with van der Waals surface area (Å²) >= 11 is 0. The lowest BCUT2D eigenvalue weighted by atomic mass is 9.92. The molecule has 33 heavy (non-hydrogen) atoms. The highest BCUT2D eigenvalue weighted by Gasteiger charge is 2.33. The Morgan fingerprint density at radius 1 is 1.24 bits per heavy atom. The minimum Gasteiger partial charge on any atom is -0.465 e. The monoisotopic (exact) mass is 463 g/mol. The van der Waals surface area contributed by atoms with Crippen molar-refractivity contribution in [3.63, 3.8) is 0 Å². The number of aliphatic hydroxyl groups excluding tert-OH is 1. The van der Waals surface area contributed by atoms with Crippen molar-refractivity contribution in [1.82, 2.24) is 19.7 Å². The molecule has 0 spiro atoms. The van der Waals surface area contributed by atoms with E-state index in [9.17, 15) is 23.1 Å². The van der Waals surface area contributed by atoms with Gasteiger partial charge >= 0.3 is 18.3 Å². The molecule has 12 heteroatoms. The highest BCUT2D eigenvalue weighted by atomic mass is 19.4. The van der Waals surface area contributed by atoms with E-state index < -0.39 is 17.8 Å². The summed E-state index contributed by atoms with van der Waals surface area (Å²) in [7, 11) is 0. The Kier molecular flexibility index (Phi) is 5.93. The number of amides is 1. The van der Waals surface area contributed by atoms with Gasteiger partial charge in [0.05, 0.1) is 30.6 Å². The Hall–Kier alpha value is -3.67. The Labute approximate surface area is 186 Å². The van der Waals surface area contributed by atoms with E-state index in [1.165, 1.54) is 9.58 Å². The Morgan fingerprint density at radius 3 is 2.61 bits per heavy atom. The minimum atomic E-state index is -4.59. The molecule has 174 valence electrons. The van der Waals surface area contributed by atoms with Gasteiger partial charge in [0.25, 0.3) is 0 Å². The van der Waals surface area contributed by atoms with Crippen LogP contribution in [0.2, 0.25) is 0 Å². The molecule has 3 aromatic rings. The van der Waals surface area contributed by atoms with Gasteiger partial charge in [-0.3, -0.25) is 9.58 Å². The predicted molar refractivity (Wildman–Crippen MR) is 110 cm³/mol. The molecule has 0 unspecified atom stereocenters. The number of hydrogen-bond donors (Lipinski definition) is 2. The average Bonchev–Trinajstić information content (AvgIpc) is 3.22. The van der Waals surface area contributed by atoms with Gasteiger partial charge in [-0.05, 0) is 31.9 Å². The molecule has 1 aromatic carbocycles. The number of anilines is 1. The smallest absolute Gasteiger partial charge is 0.419 e. The molecule has 0 aliphatic carbocycles. The second-order valence-electron chi connectivity index (χ2n) is 7.55. The van der Waals surface area contributed by atoms with Gasteiger partial charge in [-0.15, -0.1) is 0 Å². The Balaban J connectivity index is 1.81. The SMILES string of the molecule is C[C@H]1CCc2c(ccc(-c3cnn(CCO)c3)c2Oc2ncc(C(F)(F)F)cn2)N1C(=O)O. The van der Waals surface area contributed by atoms with Crippen LogP contribution in [0.25, 0.3) is 11.1 Å². The zero-order chi connectivity index (χ0) is 23.8. The molecule has 0 saturated heterocycles. The van der Waals surface area contributed by atoms with Crippen LogP contribution in [0.4, 0.5) is 23.7 Å². The summed E-state index contributed by atoms with van der Waals surface area (Å²) in [6.45, 7) is 1.95. The number of fused-ring (bicyclic) bond motifs is 1. The molecule has 0 bridgehead atoms. The minimum absolute atomic E-state index is 0.112. The van der Waals surface area contributed by atoms with Gasteiger partial charge < -0.3 is 14.9 Å². The van der Waals surface area contributed by atoms with E-state index in [2.05, 4.69) is 15.1 Å². The fraction of sp³-hybridized carbons (Fsp3) is 0.333. The summed E-state index contributed by atoms with van der Waals surface area (Å²) in [5.74, 6) is 0.244. The van der Waals surface area contributed by atoms with Gasteiger partial charge in [0.2, 0.25) is 0 Å². The highest BCUT2D eigenvalue weighted by Crippen LogP contribution is 2.44. The molecule has 0 fully saturated rings. The van der Waals surface area contributed by atoms with E-state index in [1.807, 2.05) is 0 Å². The number of hydrogen-bond acceptors (Lipinski definition) is 6. The second-order valence-corrected chi connectivity index (χ2v) is 7.55. The van der Waals surface area contributed by atoms with Crippen LogP contribution in [0.5, 0.6) is 11.8 Å². The molecular weight excluding hydrogens is 443 g/mol. The number of carbonyl (C=O) groups is 1. The maximum atomic E-state index is 12.9.